The molecule has 2 aromatic rings. The number of rotatable bonds is 9. The lowest BCUT2D eigenvalue weighted by molar-refractivity contribution is -0.195. The summed E-state index contributed by atoms with van der Waals surface area (Å²) in [6, 6.07) is 15.7. The van der Waals surface area contributed by atoms with Crippen LogP contribution in [0.25, 0.3) is 0 Å². The van der Waals surface area contributed by atoms with Gasteiger partial charge in [-0.15, -0.1) is 9.32 Å². The Balaban J connectivity index is 2.04. The topological polar surface area (TPSA) is 114 Å². The second kappa shape index (κ2) is 9.64. The van der Waals surface area contributed by atoms with Crippen molar-refractivity contribution >= 4 is 35.3 Å². The van der Waals surface area contributed by atoms with Crippen molar-refractivity contribution in [2.75, 3.05) is 23.3 Å². The van der Waals surface area contributed by atoms with E-state index in [0.29, 0.717) is 16.3 Å². The van der Waals surface area contributed by atoms with Crippen molar-refractivity contribution in [1.29, 1.82) is 0 Å². The minimum absolute atomic E-state index is 0.101. The van der Waals surface area contributed by atoms with Crippen molar-refractivity contribution in [1.82, 2.24) is 0 Å². The summed E-state index contributed by atoms with van der Waals surface area (Å²) in [7, 11) is 0. The van der Waals surface area contributed by atoms with Crippen LogP contribution in [0.5, 0.6) is 0 Å². The van der Waals surface area contributed by atoms with Gasteiger partial charge in [0.25, 0.3) is 0 Å². The normalized spacial score (nSPS) is 10.3. The van der Waals surface area contributed by atoms with Crippen LogP contribution in [0.1, 0.15) is 0 Å². The van der Waals surface area contributed by atoms with E-state index < -0.39 is 5.97 Å². The van der Waals surface area contributed by atoms with Gasteiger partial charge in [0, 0.05) is 16.3 Å². The zero-order valence-corrected chi connectivity index (χ0v) is 13.9. The number of carbonyl (C=O) groups is 2. The third-order valence-electron chi connectivity index (χ3n) is 3.09. The van der Waals surface area contributed by atoms with Gasteiger partial charge in [-0.1, -0.05) is 18.2 Å². The number of carboxylic acid groups (broad SMARTS) is 1. The summed E-state index contributed by atoms with van der Waals surface area (Å²) >= 11 is 0.909. The first-order chi connectivity index (χ1) is 12.1. The minimum atomic E-state index is -1.04. The first-order valence-corrected chi connectivity index (χ1v) is 7.94. The van der Waals surface area contributed by atoms with E-state index in [9.17, 15) is 9.59 Å². The quantitative estimate of drug-likeness (QED) is 0.352. The summed E-state index contributed by atoms with van der Waals surface area (Å²) < 4.78 is 4.54. The molecule has 0 fully saturated rings. The number of para-hydroxylation sites is 1. The number of anilines is 2. The average molecular weight is 363 g/mol. The summed E-state index contributed by atoms with van der Waals surface area (Å²) in [4.78, 5) is 29.5. The number of aliphatic carboxylic acids is 1. The molecule has 2 aromatic carbocycles. The molecule has 132 valence electrons. The van der Waals surface area contributed by atoms with E-state index in [0.717, 1.165) is 12.0 Å². The van der Waals surface area contributed by atoms with Crippen molar-refractivity contribution in [2.24, 2.45) is 5.90 Å². The van der Waals surface area contributed by atoms with Gasteiger partial charge in [0.1, 0.15) is 6.54 Å². The average Bonchev–Trinajstić information content (AvgIpc) is 2.60. The van der Waals surface area contributed by atoms with Crippen LogP contribution < -0.4 is 16.1 Å². The van der Waals surface area contributed by atoms with Crippen LogP contribution in [-0.2, 0) is 18.9 Å². The minimum Gasteiger partial charge on any atom is -0.480 e. The largest absolute Gasteiger partial charge is 0.480 e. The molecule has 0 unspecified atom stereocenters. The summed E-state index contributed by atoms with van der Waals surface area (Å²) in [5, 5.41) is 11.8. The molecular formula is C16H17N3O5S. The Hall–Kier alpha value is -2.59. The molecule has 25 heavy (non-hydrogen) atoms. The number of nitrogens with two attached hydrogens (primary N) is 1. The smallest absolute Gasteiger partial charge is 0.323 e. The zero-order valence-electron chi connectivity index (χ0n) is 13.1. The maximum atomic E-state index is 12.2. The van der Waals surface area contributed by atoms with Crippen molar-refractivity contribution in [3.63, 3.8) is 0 Å². The molecule has 2 rings (SSSR count). The second-order valence-electron chi connectivity index (χ2n) is 4.91. The molecule has 4 N–H and O–H groups in total. The number of nitrogens with zero attached hydrogens (tertiary/aromatic N) is 1. The Morgan fingerprint density at radius 3 is 2.36 bits per heavy atom. The van der Waals surface area contributed by atoms with E-state index in [4.69, 9.17) is 11.0 Å². The first-order valence-electron chi connectivity index (χ1n) is 7.20. The molecule has 0 heterocycles. The van der Waals surface area contributed by atoms with E-state index in [1.807, 2.05) is 6.07 Å². The predicted octanol–water partition coefficient (Wildman–Crippen LogP) is 2.05. The molecule has 1 amide bonds. The number of benzene rings is 2. The molecule has 0 spiro atoms. The molecule has 0 radical (unpaired) electrons. The van der Waals surface area contributed by atoms with Crippen molar-refractivity contribution < 1.29 is 24.0 Å². The third kappa shape index (κ3) is 6.43. The Kier molecular flexibility index (Phi) is 7.23. The van der Waals surface area contributed by atoms with Crippen LogP contribution in [0.2, 0.25) is 0 Å². The molecule has 0 aromatic heterocycles. The van der Waals surface area contributed by atoms with Crippen molar-refractivity contribution in [2.45, 2.75) is 4.90 Å². The zero-order chi connectivity index (χ0) is 18.1. The molecule has 0 saturated heterocycles. The summed E-state index contributed by atoms with van der Waals surface area (Å²) in [5.74, 6) is 3.42. The maximum absolute atomic E-state index is 12.2. The molecule has 0 aliphatic rings. The van der Waals surface area contributed by atoms with Crippen molar-refractivity contribution in [3.05, 3.63) is 54.6 Å². The van der Waals surface area contributed by atoms with Gasteiger partial charge in [0.2, 0.25) is 5.91 Å². The lowest BCUT2D eigenvalue weighted by atomic mass is 10.2. The monoisotopic (exact) mass is 363 g/mol. The highest BCUT2D eigenvalue weighted by molar-refractivity contribution is 7.94. The Morgan fingerprint density at radius 2 is 1.76 bits per heavy atom. The lowest BCUT2D eigenvalue weighted by Gasteiger charge is -2.22. The molecule has 9 heteroatoms. The predicted molar refractivity (Wildman–Crippen MR) is 93.6 cm³/mol. The Labute approximate surface area is 148 Å². The fraction of sp³-hybridized carbons (Fsp3) is 0.125. The fourth-order valence-corrected chi connectivity index (χ4v) is 2.43. The van der Waals surface area contributed by atoms with E-state index in [1.165, 1.54) is 4.90 Å². The van der Waals surface area contributed by atoms with Gasteiger partial charge in [-0.25, -0.2) is 0 Å². The molecule has 0 atom stereocenters. The molecule has 0 saturated carbocycles. The van der Waals surface area contributed by atoms with Gasteiger partial charge in [-0.05, 0) is 36.4 Å². The van der Waals surface area contributed by atoms with Gasteiger partial charge < -0.3 is 15.3 Å². The Bertz CT molecular complexity index is 697. The first kappa shape index (κ1) is 18.7. The van der Waals surface area contributed by atoms with E-state index >= 15 is 0 Å². The van der Waals surface area contributed by atoms with E-state index in [1.54, 1.807) is 48.5 Å². The number of amides is 1. The number of nitrogens with one attached hydrogen (secondary N) is 1. The SMILES string of the molecule is NOOSc1ccc(N(CC(=O)O)CC(=O)Nc2ccccc2)cc1. The maximum Gasteiger partial charge on any atom is 0.323 e. The lowest BCUT2D eigenvalue weighted by Crippen LogP contribution is -2.37. The molecule has 8 nitrogen and oxygen atoms in total. The molecule has 0 aliphatic heterocycles. The van der Waals surface area contributed by atoms with Crippen molar-refractivity contribution in [3.8, 4) is 0 Å². The van der Waals surface area contributed by atoms with Crippen LogP contribution in [0, 0.1) is 0 Å². The number of hydrogen-bond donors (Lipinski definition) is 3. The second-order valence-corrected chi connectivity index (χ2v) is 5.68. The third-order valence-corrected chi connectivity index (χ3v) is 3.70. The molecule has 0 bridgehead atoms. The van der Waals surface area contributed by atoms with Crippen LogP contribution in [0.3, 0.4) is 0 Å². The molecular weight excluding hydrogens is 346 g/mol. The Morgan fingerprint density at radius 1 is 1.08 bits per heavy atom. The molecule has 0 aliphatic carbocycles. The van der Waals surface area contributed by atoms with Gasteiger partial charge >= 0.3 is 5.97 Å². The van der Waals surface area contributed by atoms with Gasteiger partial charge in [0.05, 0.1) is 18.6 Å². The van der Waals surface area contributed by atoms with Crippen LogP contribution in [0.15, 0.2) is 59.5 Å². The standard InChI is InChI=1S/C16H17N3O5S/c17-23-24-25-14-8-6-13(7-9-14)19(11-16(21)22)10-15(20)18-12-4-2-1-3-5-12/h1-9H,10-11,17H2,(H,18,20)(H,21,22). The highest BCUT2D eigenvalue weighted by Gasteiger charge is 2.15. The van der Waals surface area contributed by atoms with Crippen LogP contribution >= 0.6 is 12.0 Å². The number of carbonyl (C=O) groups excluding carboxylic acids is 1. The van der Waals surface area contributed by atoms with Gasteiger partial charge in [-0.3, -0.25) is 9.59 Å². The number of carboxylic acids is 1. The highest BCUT2D eigenvalue weighted by Crippen LogP contribution is 2.23. The van der Waals surface area contributed by atoms with E-state index in [-0.39, 0.29) is 19.0 Å². The van der Waals surface area contributed by atoms with E-state index in [2.05, 4.69) is 14.6 Å². The fourth-order valence-electron chi connectivity index (χ4n) is 2.07. The summed E-state index contributed by atoms with van der Waals surface area (Å²) in [6.45, 7) is -0.410. The van der Waals surface area contributed by atoms with Crippen LogP contribution in [-0.4, -0.2) is 30.1 Å². The summed E-state index contributed by atoms with van der Waals surface area (Å²) in [5.41, 5.74) is 1.23. The number of hydrogen-bond acceptors (Lipinski definition) is 7. The van der Waals surface area contributed by atoms with Gasteiger partial charge in [0.15, 0.2) is 0 Å². The van der Waals surface area contributed by atoms with Crippen LogP contribution in [0.4, 0.5) is 11.4 Å². The van der Waals surface area contributed by atoms with Gasteiger partial charge in [-0.2, -0.15) is 5.90 Å². The summed E-state index contributed by atoms with van der Waals surface area (Å²) in [6.07, 6.45) is 0. The highest BCUT2D eigenvalue weighted by atomic mass is 32.2.